The molecule has 0 saturated heterocycles. The Morgan fingerprint density at radius 2 is 2.04 bits per heavy atom. The molecular formula is C19H25FN2O. The molecule has 0 amide bonds. The number of hydrogen-bond acceptors (Lipinski definition) is 3. The van der Waals surface area contributed by atoms with E-state index in [9.17, 15) is 9.50 Å². The van der Waals surface area contributed by atoms with E-state index in [2.05, 4.69) is 4.99 Å². The molecule has 0 bridgehead atoms. The van der Waals surface area contributed by atoms with Gasteiger partial charge in [-0.25, -0.2) is 4.39 Å². The molecule has 3 nitrogen and oxygen atoms in total. The van der Waals surface area contributed by atoms with E-state index in [-0.39, 0.29) is 11.3 Å². The molecule has 1 aromatic rings. The van der Waals surface area contributed by atoms with Gasteiger partial charge in [0.2, 0.25) is 0 Å². The summed E-state index contributed by atoms with van der Waals surface area (Å²) in [6, 6.07) is 2.93. The normalized spacial score (nSPS) is 13.9. The fourth-order valence-corrected chi connectivity index (χ4v) is 2.07. The first kappa shape index (κ1) is 18.7. The van der Waals surface area contributed by atoms with E-state index in [0.29, 0.717) is 23.5 Å². The number of halogens is 1. The zero-order valence-electron chi connectivity index (χ0n) is 14.2. The summed E-state index contributed by atoms with van der Waals surface area (Å²) in [5.41, 5.74) is 8.25. The highest BCUT2D eigenvalue weighted by atomic mass is 19.1. The first-order valence-corrected chi connectivity index (χ1v) is 7.66. The SMILES string of the molecule is CC/C=C\C=C(/C)C(=NC/C=C(\C)N)c1c(O)cc(C)cc1F. The summed E-state index contributed by atoms with van der Waals surface area (Å²) < 4.78 is 14.4. The van der Waals surface area contributed by atoms with Crippen molar-refractivity contribution in [2.24, 2.45) is 10.7 Å². The van der Waals surface area contributed by atoms with Crippen LogP contribution in [-0.4, -0.2) is 17.4 Å². The number of phenols is 1. The molecule has 0 radical (unpaired) electrons. The number of benzene rings is 1. The van der Waals surface area contributed by atoms with Crippen LogP contribution < -0.4 is 5.73 Å². The third kappa shape index (κ3) is 5.74. The van der Waals surface area contributed by atoms with Crippen LogP contribution in [-0.2, 0) is 0 Å². The number of nitrogens with two attached hydrogens (primary N) is 1. The molecule has 1 aromatic carbocycles. The Balaban J connectivity index is 3.38. The number of nitrogens with zero attached hydrogens (tertiary/aromatic N) is 1. The second kappa shape index (κ2) is 8.93. The molecule has 0 fully saturated rings. The van der Waals surface area contributed by atoms with E-state index >= 15 is 0 Å². The second-order valence-corrected chi connectivity index (χ2v) is 5.46. The van der Waals surface area contributed by atoms with Crippen molar-refractivity contribution in [1.82, 2.24) is 0 Å². The predicted molar refractivity (Wildman–Crippen MR) is 95.3 cm³/mol. The Labute approximate surface area is 137 Å². The highest BCUT2D eigenvalue weighted by Crippen LogP contribution is 2.26. The summed E-state index contributed by atoms with van der Waals surface area (Å²) in [4.78, 5) is 4.42. The van der Waals surface area contributed by atoms with Gasteiger partial charge >= 0.3 is 0 Å². The van der Waals surface area contributed by atoms with Crippen LogP contribution in [0.4, 0.5) is 4.39 Å². The average Bonchev–Trinajstić information content (AvgIpc) is 2.44. The number of hydrogen-bond donors (Lipinski definition) is 2. The molecule has 0 unspecified atom stereocenters. The van der Waals surface area contributed by atoms with Crippen LogP contribution in [0.5, 0.6) is 5.75 Å². The maximum Gasteiger partial charge on any atom is 0.136 e. The fraction of sp³-hybridized carbons (Fsp3) is 0.316. The highest BCUT2D eigenvalue weighted by Gasteiger charge is 2.16. The van der Waals surface area contributed by atoms with Gasteiger partial charge in [0.25, 0.3) is 0 Å². The van der Waals surface area contributed by atoms with E-state index in [1.807, 2.05) is 32.1 Å². The van der Waals surface area contributed by atoms with E-state index in [1.54, 1.807) is 19.9 Å². The second-order valence-electron chi connectivity index (χ2n) is 5.46. The van der Waals surface area contributed by atoms with Crippen LogP contribution in [0.3, 0.4) is 0 Å². The van der Waals surface area contributed by atoms with Gasteiger partial charge in [0.15, 0.2) is 0 Å². The van der Waals surface area contributed by atoms with Crippen LogP contribution in [0.15, 0.2) is 52.7 Å². The van der Waals surface area contributed by atoms with E-state index in [1.165, 1.54) is 12.1 Å². The Hall–Kier alpha value is -2.36. The Morgan fingerprint density at radius 1 is 1.35 bits per heavy atom. The largest absolute Gasteiger partial charge is 0.507 e. The molecule has 0 aliphatic rings. The molecule has 0 heterocycles. The number of aliphatic imine (C=N–C) groups is 1. The first-order chi connectivity index (χ1) is 10.9. The minimum absolute atomic E-state index is 0.109. The van der Waals surface area contributed by atoms with Crippen LogP contribution in [0.2, 0.25) is 0 Å². The minimum atomic E-state index is -0.484. The zero-order chi connectivity index (χ0) is 17.4. The molecule has 0 saturated carbocycles. The summed E-state index contributed by atoms with van der Waals surface area (Å²) in [6.07, 6.45) is 8.42. The standard InChI is InChI=1S/C19H25FN2O/c1-5-6-7-8-14(3)19(22-10-9-15(4)21)18-16(20)11-13(2)12-17(18)23/h6-9,11-12,23H,5,10,21H2,1-4H3/b7-6-,14-8+,15-9+,22-19?. The fourth-order valence-electron chi connectivity index (χ4n) is 2.07. The summed E-state index contributed by atoms with van der Waals surface area (Å²) in [5.74, 6) is -0.594. The predicted octanol–water partition coefficient (Wildman–Crippen LogP) is 4.40. The summed E-state index contributed by atoms with van der Waals surface area (Å²) in [6.45, 7) is 7.71. The molecule has 0 aliphatic heterocycles. The van der Waals surface area contributed by atoms with Crippen LogP contribution >= 0.6 is 0 Å². The van der Waals surface area contributed by atoms with Gasteiger partial charge in [-0.1, -0.05) is 25.2 Å². The molecule has 4 heteroatoms. The summed E-state index contributed by atoms with van der Waals surface area (Å²) in [5, 5.41) is 10.2. The quantitative estimate of drug-likeness (QED) is 0.603. The van der Waals surface area contributed by atoms with Gasteiger partial charge in [0, 0.05) is 5.70 Å². The van der Waals surface area contributed by atoms with Crippen molar-refractivity contribution in [3.8, 4) is 5.75 Å². The minimum Gasteiger partial charge on any atom is -0.507 e. The van der Waals surface area contributed by atoms with Crippen LogP contribution in [0.25, 0.3) is 0 Å². The first-order valence-electron chi connectivity index (χ1n) is 7.66. The molecule has 1 rings (SSSR count). The van der Waals surface area contributed by atoms with Crippen LogP contribution in [0, 0.1) is 12.7 Å². The Kier molecular flexibility index (Phi) is 7.26. The van der Waals surface area contributed by atoms with Gasteiger partial charge < -0.3 is 10.8 Å². The lowest BCUT2D eigenvalue weighted by molar-refractivity contribution is 0.467. The lowest BCUT2D eigenvalue weighted by Crippen LogP contribution is -2.08. The van der Waals surface area contributed by atoms with Crippen molar-refractivity contribution in [3.05, 3.63) is 64.7 Å². The van der Waals surface area contributed by atoms with Gasteiger partial charge in [0.1, 0.15) is 11.6 Å². The van der Waals surface area contributed by atoms with Crippen molar-refractivity contribution in [3.63, 3.8) is 0 Å². The topological polar surface area (TPSA) is 58.6 Å². The molecule has 0 atom stereocenters. The number of allylic oxidation sites excluding steroid dienone is 5. The van der Waals surface area contributed by atoms with Crippen molar-refractivity contribution < 1.29 is 9.50 Å². The maximum atomic E-state index is 14.4. The smallest absolute Gasteiger partial charge is 0.136 e. The molecule has 124 valence electrons. The van der Waals surface area contributed by atoms with Crippen molar-refractivity contribution in [1.29, 1.82) is 0 Å². The third-order valence-electron chi connectivity index (χ3n) is 3.20. The lowest BCUT2D eigenvalue weighted by atomic mass is 9.99. The van der Waals surface area contributed by atoms with Crippen molar-refractivity contribution >= 4 is 5.71 Å². The van der Waals surface area contributed by atoms with E-state index in [4.69, 9.17) is 5.73 Å². The zero-order valence-corrected chi connectivity index (χ0v) is 14.2. The lowest BCUT2D eigenvalue weighted by Gasteiger charge is -2.11. The van der Waals surface area contributed by atoms with Crippen molar-refractivity contribution in [2.75, 3.05) is 6.54 Å². The van der Waals surface area contributed by atoms with Gasteiger partial charge in [0.05, 0.1) is 17.8 Å². The molecule has 0 aromatic heterocycles. The Bertz CT molecular complexity index is 643. The number of rotatable bonds is 6. The average molecular weight is 316 g/mol. The van der Waals surface area contributed by atoms with Gasteiger partial charge in [-0.2, -0.15) is 0 Å². The number of aryl methyl sites for hydroxylation is 1. The number of aromatic hydroxyl groups is 1. The number of phenolic OH excluding ortho intramolecular Hbond substituents is 1. The monoisotopic (exact) mass is 316 g/mol. The summed E-state index contributed by atoms with van der Waals surface area (Å²) in [7, 11) is 0. The van der Waals surface area contributed by atoms with Crippen molar-refractivity contribution in [2.45, 2.75) is 34.1 Å². The van der Waals surface area contributed by atoms with E-state index < -0.39 is 5.82 Å². The van der Waals surface area contributed by atoms with Gasteiger partial charge in [-0.05, 0) is 56.5 Å². The highest BCUT2D eigenvalue weighted by molar-refractivity contribution is 6.14. The van der Waals surface area contributed by atoms with E-state index in [0.717, 1.165) is 12.0 Å². The Morgan fingerprint density at radius 3 is 2.61 bits per heavy atom. The molecule has 0 aliphatic carbocycles. The van der Waals surface area contributed by atoms with Crippen LogP contribution in [0.1, 0.15) is 38.3 Å². The maximum absolute atomic E-state index is 14.4. The van der Waals surface area contributed by atoms with Gasteiger partial charge in [-0.3, -0.25) is 4.99 Å². The summed E-state index contributed by atoms with van der Waals surface area (Å²) >= 11 is 0. The third-order valence-corrected chi connectivity index (χ3v) is 3.20. The molecule has 23 heavy (non-hydrogen) atoms. The molecule has 0 spiro atoms. The molecule has 3 N–H and O–H groups in total. The van der Waals surface area contributed by atoms with Gasteiger partial charge in [-0.15, -0.1) is 0 Å². The molecular weight excluding hydrogens is 291 g/mol.